The molecular weight excluding hydrogens is 867 g/mol. The minimum Gasteiger partial charge on any atom is -0.310 e. The van der Waals surface area contributed by atoms with E-state index in [2.05, 4.69) is 273 Å². The highest BCUT2D eigenvalue weighted by Gasteiger charge is 2.47. The number of rotatable bonds is 8. The highest BCUT2D eigenvalue weighted by molar-refractivity contribution is 5.97. The summed E-state index contributed by atoms with van der Waals surface area (Å²) in [6.07, 6.45) is 4.77. The van der Waals surface area contributed by atoms with Gasteiger partial charge in [0.1, 0.15) is 0 Å². The third-order valence-corrected chi connectivity index (χ3v) is 17.5. The van der Waals surface area contributed by atoms with E-state index in [0.717, 1.165) is 17.1 Å². The molecule has 1 heteroatoms. The molecule has 0 saturated heterocycles. The molecule has 9 aromatic rings. The number of para-hydroxylation sites is 1. The van der Waals surface area contributed by atoms with Crippen LogP contribution in [-0.2, 0) is 27.1 Å². The Morgan fingerprint density at radius 3 is 1.42 bits per heavy atom. The number of nitrogens with zero attached hydrogens (tertiary/aromatic N) is 1. The van der Waals surface area contributed by atoms with Gasteiger partial charge < -0.3 is 4.90 Å². The second-order valence-corrected chi connectivity index (χ2v) is 23.8. The van der Waals surface area contributed by atoms with Gasteiger partial charge in [-0.2, -0.15) is 0 Å². The van der Waals surface area contributed by atoms with E-state index in [4.69, 9.17) is 0 Å². The standard InChI is InChI=1S/C71H67N/c1-67(2)41-42-69(5,6)64-45-51(37-40-61(64)67)48-31-33-50(34-32-48)58-46-59-57-27-18-19-29-60(57)71(52-21-12-9-13-22-52,53-23-14-10-15-24-53)63(59)47-65(58)72(54-25-16-11-17-26-54)55-38-35-49(36-39-55)56-28-20-30-62-66(56)70(7,8)44-43-68(62,3)4/h9-40,45-47H,41-44H2,1-8H3. The topological polar surface area (TPSA) is 3.24 Å². The van der Waals surface area contributed by atoms with Gasteiger partial charge in [0.25, 0.3) is 0 Å². The van der Waals surface area contributed by atoms with Crippen molar-refractivity contribution < 1.29 is 0 Å². The Kier molecular flexibility index (Phi) is 10.8. The van der Waals surface area contributed by atoms with Crippen molar-refractivity contribution in [3.63, 3.8) is 0 Å². The zero-order valence-electron chi connectivity index (χ0n) is 43.5. The van der Waals surface area contributed by atoms with Gasteiger partial charge in [0, 0.05) is 16.9 Å². The van der Waals surface area contributed by atoms with Crippen molar-refractivity contribution in [3.05, 3.63) is 257 Å². The largest absolute Gasteiger partial charge is 0.310 e. The van der Waals surface area contributed by atoms with E-state index in [1.54, 1.807) is 0 Å². The van der Waals surface area contributed by atoms with Gasteiger partial charge in [0.2, 0.25) is 0 Å². The van der Waals surface area contributed by atoms with Crippen LogP contribution in [-0.4, -0.2) is 0 Å². The van der Waals surface area contributed by atoms with Crippen LogP contribution in [0, 0.1) is 0 Å². The molecule has 0 unspecified atom stereocenters. The molecule has 0 radical (unpaired) electrons. The molecule has 356 valence electrons. The molecule has 0 bridgehead atoms. The van der Waals surface area contributed by atoms with Crippen LogP contribution >= 0.6 is 0 Å². The number of hydrogen-bond acceptors (Lipinski definition) is 1. The Bertz CT molecular complexity index is 3440. The third kappa shape index (κ3) is 7.33. The summed E-state index contributed by atoms with van der Waals surface area (Å²) in [6, 6.07) is 80.8. The minimum absolute atomic E-state index is 0.0834. The normalized spacial score (nSPS) is 17.2. The highest BCUT2D eigenvalue weighted by Crippen LogP contribution is 2.59. The summed E-state index contributed by atoms with van der Waals surface area (Å²) < 4.78 is 0. The average molecular weight is 934 g/mol. The molecule has 0 aliphatic heterocycles. The quantitative estimate of drug-likeness (QED) is 0.147. The van der Waals surface area contributed by atoms with Crippen LogP contribution < -0.4 is 4.90 Å². The first-order valence-electron chi connectivity index (χ1n) is 26.4. The van der Waals surface area contributed by atoms with Crippen LogP contribution in [0.15, 0.2) is 212 Å². The maximum Gasteiger partial charge on any atom is 0.0714 e. The fourth-order valence-electron chi connectivity index (χ4n) is 13.3. The molecule has 72 heavy (non-hydrogen) atoms. The van der Waals surface area contributed by atoms with Gasteiger partial charge >= 0.3 is 0 Å². The number of fused-ring (bicyclic) bond motifs is 5. The van der Waals surface area contributed by atoms with Crippen molar-refractivity contribution in [3.8, 4) is 44.5 Å². The van der Waals surface area contributed by atoms with E-state index in [1.165, 1.54) is 115 Å². The lowest BCUT2D eigenvalue weighted by atomic mass is 9.61. The van der Waals surface area contributed by atoms with Gasteiger partial charge in [-0.1, -0.05) is 231 Å². The van der Waals surface area contributed by atoms with Crippen molar-refractivity contribution in [1.29, 1.82) is 0 Å². The molecule has 0 aromatic heterocycles. The fraction of sp³-hybridized carbons (Fsp3) is 0.239. The second-order valence-electron chi connectivity index (χ2n) is 23.8. The Balaban J connectivity index is 1.09. The Morgan fingerprint density at radius 2 is 0.764 bits per heavy atom. The van der Waals surface area contributed by atoms with E-state index in [0.29, 0.717) is 0 Å². The molecule has 0 spiro atoms. The Morgan fingerprint density at radius 1 is 0.292 bits per heavy atom. The lowest BCUT2D eigenvalue weighted by Crippen LogP contribution is -2.34. The zero-order chi connectivity index (χ0) is 49.6. The third-order valence-electron chi connectivity index (χ3n) is 17.5. The lowest BCUT2D eigenvalue weighted by Gasteiger charge is -2.43. The van der Waals surface area contributed by atoms with Crippen LogP contribution in [0.25, 0.3) is 44.5 Å². The molecule has 0 saturated carbocycles. The fourth-order valence-corrected chi connectivity index (χ4v) is 13.3. The van der Waals surface area contributed by atoms with Crippen molar-refractivity contribution in [1.82, 2.24) is 0 Å². The summed E-state index contributed by atoms with van der Waals surface area (Å²) in [7, 11) is 0. The van der Waals surface area contributed by atoms with Gasteiger partial charge in [0.15, 0.2) is 0 Å². The highest BCUT2D eigenvalue weighted by atomic mass is 15.1. The summed E-state index contributed by atoms with van der Waals surface area (Å²) >= 11 is 0. The van der Waals surface area contributed by atoms with Crippen molar-refractivity contribution in [2.75, 3.05) is 4.90 Å². The molecule has 3 aliphatic carbocycles. The average Bonchev–Trinajstić information content (AvgIpc) is 3.70. The molecule has 3 aliphatic rings. The van der Waals surface area contributed by atoms with Crippen molar-refractivity contribution in [2.24, 2.45) is 0 Å². The first kappa shape index (κ1) is 45.9. The molecule has 0 fully saturated rings. The number of anilines is 3. The molecule has 12 rings (SSSR count). The summed E-state index contributed by atoms with van der Waals surface area (Å²) in [5, 5.41) is 0. The molecular formula is C71H67N. The van der Waals surface area contributed by atoms with Gasteiger partial charge in [0.05, 0.1) is 11.1 Å². The number of benzene rings is 9. The van der Waals surface area contributed by atoms with Crippen LogP contribution in [0.2, 0.25) is 0 Å². The maximum absolute atomic E-state index is 2.55. The van der Waals surface area contributed by atoms with Gasteiger partial charge in [-0.15, -0.1) is 0 Å². The van der Waals surface area contributed by atoms with Crippen molar-refractivity contribution >= 4 is 17.1 Å². The van der Waals surface area contributed by atoms with Crippen LogP contribution in [0.3, 0.4) is 0 Å². The molecule has 0 heterocycles. The van der Waals surface area contributed by atoms with E-state index in [1.807, 2.05) is 0 Å². The summed E-state index contributed by atoms with van der Waals surface area (Å²) in [4.78, 5) is 2.51. The predicted molar refractivity (Wildman–Crippen MR) is 305 cm³/mol. The lowest BCUT2D eigenvalue weighted by molar-refractivity contribution is 0.332. The van der Waals surface area contributed by atoms with Gasteiger partial charge in [-0.3, -0.25) is 0 Å². The maximum atomic E-state index is 2.55. The van der Waals surface area contributed by atoms with Gasteiger partial charge in [-0.25, -0.2) is 0 Å². The van der Waals surface area contributed by atoms with Crippen LogP contribution in [0.1, 0.15) is 126 Å². The number of hydrogen-bond donors (Lipinski definition) is 0. The van der Waals surface area contributed by atoms with Crippen LogP contribution in [0.5, 0.6) is 0 Å². The summed E-state index contributed by atoms with van der Waals surface area (Å²) in [5.74, 6) is 0. The summed E-state index contributed by atoms with van der Waals surface area (Å²) in [5.41, 5.74) is 24.5. The monoisotopic (exact) mass is 934 g/mol. The SMILES string of the molecule is CC1(C)CCC(C)(C)c2cc(-c3ccc(-c4cc5c(cc4N(c4ccccc4)c4ccc(-c6cccc7c6C(C)(C)CCC7(C)C)cc4)C(c4ccccc4)(c4ccccc4)c4ccccc4-5)cc3)ccc21. The molecule has 0 N–H and O–H groups in total. The first-order chi connectivity index (χ1) is 34.7. The molecule has 0 amide bonds. The molecule has 0 atom stereocenters. The molecule has 1 nitrogen and oxygen atoms in total. The van der Waals surface area contributed by atoms with Crippen LogP contribution in [0.4, 0.5) is 17.1 Å². The van der Waals surface area contributed by atoms with E-state index < -0.39 is 5.41 Å². The van der Waals surface area contributed by atoms with Gasteiger partial charge in [-0.05, 0) is 167 Å². The zero-order valence-corrected chi connectivity index (χ0v) is 43.5. The van der Waals surface area contributed by atoms with E-state index >= 15 is 0 Å². The smallest absolute Gasteiger partial charge is 0.0714 e. The molecule has 9 aromatic carbocycles. The minimum atomic E-state index is -0.556. The Hall–Kier alpha value is -7.22. The second kappa shape index (κ2) is 17.0. The van der Waals surface area contributed by atoms with E-state index in [9.17, 15) is 0 Å². The predicted octanol–water partition coefficient (Wildman–Crippen LogP) is 19.2. The summed E-state index contributed by atoms with van der Waals surface area (Å²) in [6.45, 7) is 19.4. The first-order valence-corrected chi connectivity index (χ1v) is 26.4. The van der Waals surface area contributed by atoms with Crippen molar-refractivity contribution in [2.45, 2.75) is 108 Å². The van der Waals surface area contributed by atoms with E-state index in [-0.39, 0.29) is 21.7 Å². The Labute approximate surface area is 429 Å².